The predicted octanol–water partition coefficient (Wildman–Crippen LogP) is 8.74. The molecule has 1 aliphatic rings. The zero-order chi connectivity index (χ0) is 23.8. The summed E-state index contributed by atoms with van der Waals surface area (Å²) in [4.78, 5) is 0. The first kappa shape index (κ1) is 26.8. The number of hydrogen-bond acceptors (Lipinski definition) is 3. The third-order valence-corrected chi connectivity index (χ3v) is 6.77. The fourth-order valence-corrected chi connectivity index (χ4v) is 4.55. The summed E-state index contributed by atoms with van der Waals surface area (Å²) in [6.45, 7) is 6.08. The van der Waals surface area contributed by atoms with E-state index in [9.17, 15) is 0 Å². The van der Waals surface area contributed by atoms with Crippen molar-refractivity contribution in [3.63, 3.8) is 0 Å². The predicted molar refractivity (Wildman–Crippen MR) is 142 cm³/mol. The van der Waals surface area contributed by atoms with E-state index in [4.69, 9.17) is 14.2 Å². The van der Waals surface area contributed by atoms with Crippen molar-refractivity contribution in [1.29, 1.82) is 0 Å². The van der Waals surface area contributed by atoms with Gasteiger partial charge in [0.25, 0.3) is 0 Å². The van der Waals surface area contributed by atoms with Crippen molar-refractivity contribution in [1.82, 2.24) is 0 Å². The van der Waals surface area contributed by atoms with E-state index >= 15 is 0 Å². The van der Waals surface area contributed by atoms with E-state index < -0.39 is 0 Å². The van der Waals surface area contributed by atoms with E-state index in [1.54, 1.807) is 0 Å². The van der Waals surface area contributed by atoms with E-state index in [1.165, 1.54) is 68.1 Å². The van der Waals surface area contributed by atoms with Gasteiger partial charge >= 0.3 is 0 Å². The molecule has 2 aromatic carbocycles. The molecule has 0 bridgehead atoms. The van der Waals surface area contributed by atoms with Crippen LogP contribution < -0.4 is 4.74 Å². The van der Waals surface area contributed by atoms with Gasteiger partial charge in [-0.2, -0.15) is 0 Å². The third-order valence-electron chi connectivity index (χ3n) is 6.77. The Morgan fingerprint density at radius 3 is 2.12 bits per heavy atom. The van der Waals surface area contributed by atoms with E-state index in [-0.39, 0.29) is 12.4 Å². The second kappa shape index (κ2) is 15.9. The monoisotopic (exact) mass is 466 g/mol. The zero-order valence-electron chi connectivity index (χ0n) is 21.6. The first-order valence-electron chi connectivity index (χ1n) is 13.8. The normalized spacial score (nSPS) is 16.9. The van der Waals surface area contributed by atoms with E-state index in [2.05, 4.69) is 62.4 Å². The molecular weight excluding hydrogens is 420 g/mol. The summed E-state index contributed by atoms with van der Waals surface area (Å²) in [5, 5.41) is 0. The van der Waals surface area contributed by atoms with Gasteiger partial charge in [0, 0.05) is 6.61 Å². The lowest BCUT2D eigenvalue weighted by molar-refractivity contribution is -0.185. The molecule has 0 amide bonds. The molecule has 0 aromatic heterocycles. The highest BCUT2D eigenvalue weighted by molar-refractivity contribution is 5.64. The molecular formula is C31H46O3. The molecule has 0 spiro atoms. The standard InChI is InChI=1S/C31H46O3/c1-3-4-5-6-7-8-9-11-24-32-30-22-20-29(21-23-30)28-18-16-27(17-19-28)15-14-26(2)34-31-13-10-12-25-33-31/h16-23,26,31H,3-15,24-25H2,1-2H3. The van der Waals surface area contributed by atoms with Crippen LogP contribution in [0.4, 0.5) is 0 Å². The Balaban J connectivity index is 1.32. The van der Waals surface area contributed by atoms with Gasteiger partial charge in [-0.25, -0.2) is 0 Å². The van der Waals surface area contributed by atoms with Gasteiger partial charge in [0.1, 0.15) is 5.75 Å². The van der Waals surface area contributed by atoms with Gasteiger partial charge in [0.2, 0.25) is 0 Å². The van der Waals surface area contributed by atoms with Crippen LogP contribution in [0.1, 0.15) is 96.5 Å². The van der Waals surface area contributed by atoms with Gasteiger partial charge in [-0.15, -0.1) is 0 Å². The van der Waals surface area contributed by atoms with Crippen molar-refractivity contribution < 1.29 is 14.2 Å². The van der Waals surface area contributed by atoms with Gasteiger partial charge in [0.05, 0.1) is 12.7 Å². The second-order valence-electron chi connectivity index (χ2n) is 9.83. The molecule has 1 saturated heterocycles. The first-order valence-corrected chi connectivity index (χ1v) is 13.8. The molecule has 2 unspecified atom stereocenters. The number of aryl methyl sites for hydroxylation is 1. The van der Waals surface area contributed by atoms with Crippen LogP contribution in [-0.2, 0) is 15.9 Å². The van der Waals surface area contributed by atoms with E-state index in [0.29, 0.717) is 0 Å². The highest BCUT2D eigenvalue weighted by Crippen LogP contribution is 2.24. The smallest absolute Gasteiger partial charge is 0.157 e. The number of unbranched alkanes of at least 4 members (excludes halogenated alkanes) is 7. The summed E-state index contributed by atoms with van der Waals surface area (Å²) in [6, 6.07) is 17.5. The molecule has 3 nitrogen and oxygen atoms in total. The van der Waals surface area contributed by atoms with Crippen molar-refractivity contribution in [2.45, 2.75) is 110 Å². The van der Waals surface area contributed by atoms with E-state index in [1.807, 2.05) is 0 Å². The van der Waals surface area contributed by atoms with Crippen molar-refractivity contribution >= 4 is 0 Å². The van der Waals surface area contributed by atoms with Gasteiger partial charge in [-0.05, 0) is 74.3 Å². The largest absolute Gasteiger partial charge is 0.494 e. The Bertz CT molecular complexity index is 762. The maximum Gasteiger partial charge on any atom is 0.157 e. The maximum absolute atomic E-state index is 6.05. The van der Waals surface area contributed by atoms with Crippen LogP contribution in [0.25, 0.3) is 11.1 Å². The summed E-state index contributed by atoms with van der Waals surface area (Å²) in [7, 11) is 0. The molecule has 3 heteroatoms. The average molecular weight is 467 g/mol. The molecule has 3 rings (SSSR count). The fraction of sp³-hybridized carbons (Fsp3) is 0.613. The van der Waals surface area contributed by atoms with Gasteiger partial charge in [0.15, 0.2) is 6.29 Å². The molecule has 188 valence electrons. The fourth-order valence-electron chi connectivity index (χ4n) is 4.55. The maximum atomic E-state index is 6.05. The summed E-state index contributed by atoms with van der Waals surface area (Å²) in [5.41, 5.74) is 3.84. The van der Waals surface area contributed by atoms with Crippen LogP contribution in [-0.4, -0.2) is 25.6 Å². The van der Waals surface area contributed by atoms with Crippen LogP contribution >= 0.6 is 0 Å². The quantitative estimate of drug-likeness (QED) is 0.231. The molecule has 0 radical (unpaired) electrons. The minimum absolute atomic E-state index is 0.00148. The molecule has 2 aromatic rings. The summed E-state index contributed by atoms with van der Waals surface area (Å²) in [6.07, 6.45) is 16.3. The Morgan fingerprint density at radius 1 is 0.824 bits per heavy atom. The molecule has 0 aliphatic carbocycles. The number of hydrogen-bond donors (Lipinski definition) is 0. The van der Waals surface area contributed by atoms with Crippen LogP contribution in [0.5, 0.6) is 5.75 Å². The lowest BCUT2D eigenvalue weighted by atomic mass is 10.0. The van der Waals surface area contributed by atoms with Gasteiger partial charge in [-0.3, -0.25) is 0 Å². The molecule has 1 heterocycles. The number of benzene rings is 2. The topological polar surface area (TPSA) is 27.7 Å². The molecule has 34 heavy (non-hydrogen) atoms. The second-order valence-corrected chi connectivity index (χ2v) is 9.83. The molecule has 0 N–H and O–H groups in total. The Labute approximate surface area is 208 Å². The Hall–Kier alpha value is -1.84. The molecule has 1 aliphatic heterocycles. The zero-order valence-corrected chi connectivity index (χ0v) is 21.6. The first-order chi connectivity index (χ1) is 16.7. The Kier molecular flexibility index (Phi) is 12.6. The minimum Gasteiger partial charge on any atom is -0.494 e. The highest BCUT2D eigenvalue weighted by atomic mass is 16.7. The molecule has 2 atom stereocenters. The minimum atomic E-state index is -0.00148. The number of rotatable bonds is 16. The van der Waals surface area contributed by atoms with Crippen LogP contribution in [0.15, 0.2) is 48.5 Å². The SMILES string of the molecule is CCCCCCCCCCOc1ccc(-c2ccc(CCC(C)OC3CCCCO3)cc2)cc1. The van der Waals surface area contributed by atoms with Gasteiger partial charge < -0.3 is 14.2 Å². The Morgan fingerprint density at radius 2 is 1.47 bits per heavy atom. The summed E-state index contributed by atoms with van der Waals surface area (Å²) in [5.74, 6) is 0.972. The van der Waals surface area contributed by atoms with Crippen molar-refractivity contribution in [2.24, 2.45) is 0 Å². The van der Waals surface area contributed by atoms with Crippen LogP contribution in [0, 0.1) is 0 Å². The van der Waals surface area contributed by atoms with E-state index in [0.717, 1.165) is 51.1 Å². The van der Waals surface area contributed by atoms with Gasteiger partial charge in [-0.1, -0.05) is 88.3 Å². The molecule has 0 saturated carbocycles. The third kappa shape index (κ3) is 10.2. The average Bonchev–Trinajstić information content (AvgIpc) is 2.88. The van der Waals surface area contributed by atoms with Crippen LogP contribution in [0.2, 0.25) is 0 Å². The highest BCUT2D eigenvalue weighted by Gasteiger charge is 2.17. The summed E-state index contributed by atoms with van der Waals surface area (Å²) >= 11 is 0. The number of ether oxygens (including phenoxy) is 3. The van der Waals surface area contributed by atoms with Crippen molar-refractivity contribution in [3.8, 4) is 16.9 Å². The summed E-state index contributed by atoms with van der Waals surface area (Å²) < 4.78 is 17.7. The van der Waals surface area contributed by atoms with Crippen LogP contribution in [0.3, 0.4) is 0 Å². The molecule has 1 fully saturated rings. The lowest BCUT2D eigenvalue weighted by Gasteiger charge is -2.26. The van der Waals surface area contributed by atoms with Crippen molar-refractivity contribution in [2.75, 3.05) is 13.2 Å². The lowest BCUT2D eigenvalue weighted by Crippen LogP contribution is -2.26. The van der Waals surface area contributed by atoms with Crippen molar-refractivity contribution in [3.05, 3.63) is 54.1 Å².